The first-order valence-corrected chi connectivity index (χ1v) is 11.1. The Hall–Kier alpha value is -3.65. The van der Waals surface area contributed by atoms with Crippen LogP contribution in [0.4, 0.5) is 0 Å². The van der Waals surface area contributed by atoms with Gasteiger partial charge in [0.25, 0.3) is 5.91 Å². The largest absolute Gasteiger partial charge is 0.489 e. The zero-order valence-electron chi connectivity index (χ0n) is 19.4. The number of benzene rings is 2. The topological polar surface area (TPSA) is 95.3 Å². The predicted octanol–water partition coefficient (Wildman–Crippen LogP) is 3.47. The lowest BCUT2D eigenvalue weighted by atomic mass is 10.1. The summed E-state index contributed by atoms with van der Waals surface area (Å²) in [5.74, 6) is -0.230. The quantitative estimate of drug-likeness (QED) is 0.406. The number of hydrogen-bond acceptors (Lipinski definition) is 7. The van der Waals surface area contributed by atoms with Gasteiger partial charge in [-0.2, -0.15) is 0 Å². The summed E-state index contributed by atoms with van der Waals surface area (Å²) in [5, 5.41) is 0.853. The highest BCUT2D eigenvalue weighted by Crippen LogP contribution is 2.23. The van der Waals surface area contributed by atoms with E-state index >= 15 is 0 Å². The summed E-state index contributed by atoms with van der Waals surface area (Å²) in [5.41, 5.74) is 2.10. The summed E-state index contributed by atoms with van der Waals surface area (Å²) in [6, 6.07) is 13.6. The SMILES string of the molecule is Cc1cc(=O)oc2cc(OCc3ccc(C(=O)OCC(=O)N4C[C@H](C)O[C@@H](C)C4)cc3)ccc12. The normalized spacial score (nSPS) is 18.0. The zero-order valence-corrected chi connectivity index (χ0v) is 19.4. The molecule has 8 heteroatoms. The van der Waals surface area contributed by atoms with Crippen molar-refractivity contribution in [1.29, 1.82) is 0 Å². The zero-order chi connectivity index (χ0) is 24.2. The van der Waals surface area contributed by atoms with Crippen LogP contribution in [-0.4, -0.2) is 48.7 Å². The van der Waals surface area contributed by atoms with Gasteiger partial charge in [0, 0.05) is 30.6 Å². The molecule has 2 aromatic carbocycles. The second-order valence-electron chi connectivity index (χ2n) is 8.52. The summed E-state index contributed by atoms with van der Waals surface area (Å²) in [4.78, 5) is 38.0. The Morgan fingerprint density at radius 3 is 2.44 bits per heavy atom. The lowest BCUT2D eigenvalue weighted by Gasteiger charge is -2.35. The van der Waals surface area contributed by atoms with Crippen molar-refractivity contribution in [3.63, 3.8) is 0 Å². The fourth-order valence-corrected chi connectivity index (χ4v) is 3.98. The van der Waals surface area contributed by atoms with Gasteiger partial charge in [0.15, 0.2) is 6.61 Å². The number of amides is 1. The average molecular weight is 466 g/mol. The Bertz CT molecular complexity index is 1240. The molecule has 0 aliphatic carbocycles. The van der Waals surface area contributed by atoms with Crippen molar-refractivity contribution in [3.05, 3.63) is 75.6 Å². The van der Waals surface area contributed by atoms with Crippen LogP contribution in [0.15, 0.2) is 57.7 Å². The molecular formula is C26H27NO7. The van der Waals surface area contributed by atoms with Gasteiger partial charge >= 0.3 is 11.6 Å². The molecule has 2 heterocycles. The van der Waals surface area contributed by atoms with E-state index in [1.807, 2.05) is 32.9 Å². The lowest BCUT2D eigenvalue weighted by Crippen LogP contribution is -2.49. The third-order valence-electron chi connectivity index (χ3n) is 5.62. The summed E-state index contributed by atoms with van der Waals surface area (Å²) in [6.07, 6.45) is -0.0918. The summed E-state index contributed by atoms with van der Waals surface area (Å²) in [7, 11) is 0. The number of fused-ring (bicyclic) bond motifs is 1. The van der Waals surface area contributed by atoms with Gasteiger partial charge in [0.2, 0.25) is 0 Å². The lowest BCUT2D eigenvalue weighted by molar-refractivity contribution is -0.146. The second-order valence-corrected chi connectivity index (χ2v) is 8.52. The molecule has 0 unspecified atom stereocenters. The highest BCUT2D eigenvalue weighted by Gasteiger charge is 2.26. The number of hydrogen-bond donors (Lipinski definition) is 0. The molecule has 8 nitrogen and oxygen atoms in total. The number of carbonyl (C=O) groups is 2. The van der Waals surface area contributed by atoms with E-state index < -0.39 is 11.6 Å². The third-order valence-corrected chi connectivity index (χ3v) is 5.62. The molecule has 1 aromatic heterocycles. The molecule has 1 amide bonds. The Balaban J connectivity index is 1.30. The van der Waals surface area contributed by atoms with Crippen LogP contribution in [0.5, 0.6) is 5.75 Å². The van der Waals surface area contributed by atoms with E-state index in [9.17, 15) is 14.4 Å². The van der Waals surface area contributed by atoms with E-state index in [4.69, 9.17) is 18.6 Å². The summed E-state index contributed by atoms with van der Waals surface area (Å²) >= 11 is 0. The Kier molecular flexibility index (Phi) is 6.98. The van der Waals surface area contributed by atoms with E-state index in [0.29, 0.717) is 30.0 Å². The molecule has 0 N–H and O–H groups in total. The van der Waals surface area contributed by atoms with Gasteiger partial charge in [0.1, 0.15) is 17.9 Å². The maximum absolute atomic E-state index is 12.4. The molecule has 1 saturated heterocycles. The van der Waals surface area contributed by atoms with Crippen LogP contribution >= 0.6 is 0 Å². The van der Waals surface area contributed by atoms with Gasteiger partial charge in [-0.1, -0.05) is 12.1 Å². The number of nitrogens with zero attached hydrogens (tertiary/aromatic N) is 1. The van der Waals surface area contributed by atoms with E-state index in [1.165, 1.54) is 6.07 Å². The standard InChI is InChI=1S/C26H27NO7/c1-16-10-25(29)34-23-11-21(8-9-22(16)23)31-14-19-4-6-20(7-5-19)26(30)32-15-24(28)27-12-17(2)33-18(3)13-27/h4-11,17-18H,12-15H2,1-3H3/t17-,18-/m0/s1. The number of esters is 1. The van der Waals surface area contributed by atoms with Crippen molar-refractivity contribution in [3.8, 4) is 5.75 Å². The molecule has 2 atom stereocenters. The molecule has 1 aliphatic heterocycles. The molecule has 178 valence electrons. The molecule has 0 spiro atoms. The van der Waals surface area contributed by atoms with Crippen molar-refractivity contribution < 1.29 is 28.2 Å². The molecular weight excluding hydrogens is 438 g/mol. The Labute approximate surface area is 197 Å². The maximum atomic E-state index is 12.4. The van der Waals surface area contributed by atoms with E-state index in [0.717, 1.165) is 16.5 Å². The fraction of sp³-hybridized carbons (Fsp3) is 0.346. The fourth-order valence-electron chi connectivity index (χ4n) is 3.98. The molecule has 0 radical (unpaired) electrons. The van der Waals surface area contributed by atoms with Crippen molar-refractivity contribution in [2.24, 2.45) is 0 Å². The highest BCUT2D eigenvalue weighted by atomic mass is 16.5. The van der Waals surface area contributed by atoms with Crippen LogP contribution in [0.2, 0.25) is 0 Å². The van der Waals surface area contributed by atoms with Crippen molar-refractivity contribution >= 4 is 22.8 Å². The first kappa shape index (κ1) is 23.5. The predicted molar refractivity (Wildman–Crippen MR) is 125 cm³/mol. The molecule has 0 bridgehead atoms. The highest BCUT2D eigenvalue weighted by molar-refractivity contribution is 5.91. The molecule has 34 heavy (non-hydrogen) atoms. The van der Waals surface area contributed by atoms with Crippen LogP contribution in [0, 0.1) is 6.92 Å². The second kappa shape index (κ2) is 10.1. The smallest absolute Gasteiger partial charge is 0.338 e. The van der Waals surface area contributed by atoms with Crippen LogP contribution in [0.3, 0.4) is 0 Å². The summed E-state index contributed by atoms with van der Waals surface area (Å²) in [6.45, 7) is 6.60. The van der Waals surface area contributed by atoms with Gasteiger partial charge in [0.05, 0.1) is 17.8 Å². The number of aryl methyl sites for hydroxylation is 1. The Morgan fingerprint density at radius 2 is 1.74 bits per heavy atom. The van der Waals surface area contributed by atoms with Crippen LogP contribution < -0.4 is 10.4 Å². The minimum Gasteiger partial charge on any atom is -0.489 e. The van der Waals surface area contributed by atoms with Crippen LogP contribution in [-0.2, 0) is 20.9 Å². The van der Waals surface area contributed by atoms with Crippen molar-refractivity contribution in [2.45, 2.75) is 39.6 Å². The maximum Gasteiger partial charge on any atom is 0.338 e. The molecule has 0 saturated carbocycles. The molecule has 1 fully saturated rings. The number of rotatable bonds is 6. The van der Waals surface area contributed by atoms with Gasteiger partial charge in [-0.15, -0.1) is 0 Å². The minimum absolute atomic E-state index is 0.0459. The molecule has 4 rings (SSSR count). The Morgan fingerprint density at radius 1 is 1.03 bits per heavy atom. The van der Waals surface area contributed by atoms with Gasteiger partial charge in [-0.05, 0) is 56.2 Å². The number of carbonyl (C=O) groups excluding carboxylic acids is 2. The third kappa shape index (κ3) is 5.63. The van der Waals surface area contributed by atoms with Crippen molar-refractivity contribution in [1.82, 2.24) is 4.90 Å². The van der Waals surface area contributed by atoms with Crippen LogP contribution in [0.25, 0.3) is 11.0 Å². The number of morpholine rings is 1. The van der Waals surface area contributed by atoms with Crippen molar-refractivity contribution in [2.75, 3.05) is 19.7 Å². The minimum atomic E-state index is -0.560. The van der Waals surface area contributed by atoms with E-state index in [1.54, 1.807) is 35.2 Å². The average Bonchev–Trinajstić information content (AvgIpc) is 2.80. The van der Waals surface area contributed by atoms with Gasteiger partial charge < -0.3 is 23.5 Å². The molecule has 3 aromatic rings. The van der Waals surface area contributed by atoms with E-state index in [2.05, 4.69) is 0 Å². The van der Waals surface area contributed by atoms with E-state index in [-0.39, 0.29) is 31.3 Å². The summed E-state index contributed by atoms with van der Waals surface area (Å²) < 4.78 is 21.9. The first-order valence-electron chi connectivity index (χ1n) is 11.1. The van der Waals surface area contributed by atoms with Crippen LogP contribution in [0.1, 0.15) is 35.3 Å². The van der Waals surface area contributed by atoms with Gasteiger partial charge in [-0.3, -0.25) is 4.79 Å². The van der Waals surface area contributed by atoms with Gasteiger partial charge in [-0.25, -0.2) is 9.59 Å². The first-order chi connectivity index (χ1) is 16.3. The number of ether oxygens (including phenoxy) is 3. The monoisotopic (exact) mass is 465 g/mol. The molecule has 1 aliphatic rings.